The molecule has 0 aliphatic carbocycles. The summed E-state index contributed by atoms with van der Waals surface area (Å²) in [6.07, 6.45) is 11.7. The summed E-state index contributed by atoms with van der Waals surface area (Å²) >= 11 is 0. The van der Waals surface area contributed by atoms with E-state index in [1.54, 1.807) is 38.1 Å². The van der Waals surface area contributed by atoms with E-state index in [1.807, 2.05) is 26.0 Å². The summed E-state index contributed by atoms with van der Waals surface area (Å²) in [6.45, 7) is 10.2. The number of aromatic carboxylic acids is 1. The molecule has 5 nitrogen and oxygen atoms in total. The van der Waals surface area contributed by atoms with Gasteiger partial charge in [-0.3, -0.25) is 4.79 Å². The van der Waals surface area contributed by atoms with Crippen LogP contribution in [-0.4, -0.2) is 29.6 Å². The number of carbonyl (C=O) groups excluding carboxylic acids is 1. The molecule has 2 aromatic rings. The van der Waals surface area contributed by atoms with Crippen LogP contribution < -0.4 is 9.47 Å². The van der Waals surface area contributed by atoms with Gasteiger partial charge in [-0.1, -0.05) is 45.4 Å². The molecule has 5 heteroatoms. The van der Waals surface area contributed by atoms with Crippen LogP contribution in [0, 0.1) is 13.8 Å². The molecule has 0 heterocycles. The van der Waals surface area contributed by atoms with Crippen LogP contribution in [0.25, 0.3) is 6.08 Å². The van der Waals surface area contributed by atoms with Crippen LogP contribution in [0.2, 0.25) is 0 Å². The molecule has 0 bridgehead atoms. The fourth-order valence-electron chi connectivity index (χ4n) is 4.07. The van der Waals surface area contributed by atoms with E-state index in [4.69, 9.17) is 9.47 Å². The lowest BCUT2D eigenvalue weighted by Crippen LogP contribution is -2.12. The molecule has 0 unspecified atom stereocenters. The van der Waals surface area contributed by atoms with Crippen molar-refractivity contribution in [1.29, 1.82) is 0 Å². The molecule has 35 heavy (non-hydrogen) atoms. The second kappa shape index (κ2) is 14.3. The van der Waals surface area contributed by atoms with E-state index >= 15 is 0 Å². The number of hydrogen-bond donors (Lipinski definition) is 1. The average Bonchev–Trinajstić information content (AvgIpc) is 2.81. The molecule has 1 N–H and O–H groups in total. The molecule has 0 spiro atoms. The quantitative estimate of drug-likeness (QED) is 0.160. The van der Waals surface area contributed by atoms with Gasteiger partial charge >= 0.3 is 5.97 Å². The van der Waals surface area contributed by atoms with Crippen LogP contribution >= 0.6 is 0 Å². The van der Waals surface area contributed by atoms with E-state index in [0.717, 1.165) is 12.2 Å². The Kier molecular flexibility index (Phi) is 11.5. The van der Waals surface area contributed by atoms with Gasteiger partial charge in [0.15, 0.2) is 5.78 Å². The number of allylic oxidation sites excluding steroid dienone is 1. The minimum absolute atomic E-state index is 0.130. The molecule has 0 saturated heterocycles. The summed E-state index contributed by atoms with van der Waals surface area (Å²) in [7, 11) is 0. The standard InChI is InChI=1S/C30H40O5/c1-6-7-8-9-10-11-12-19-34-26-16-13-24(14-17-26)27(31)18-15-25-20-22(4)28(30(32)33)23(5)29(25)35-21(2)3/h13-18,20-21H,6-12,19H2,1-5H3,(H,32,33)/b18-15+. The first-order valence-corrected chi connectivity index (χ1v) is 12.7. The summed E-state index contributed by atoms with van der Waals surface area (Å²) in [5.74, 6) is 0.118. The maximum Gasteiger partial charge on any atom is 0.336 e. The summed E-state index contributed by atoms with van der Waals surface area (Å²) in [4.78, 5) is 24.4. The van der Waals surface area contributed by atoms with Crippen molar-refractivity contribution < 1.29 is 24.2 Å². The van der Waals surface area contributed by atoms with Crippen molar-refractivity contribution in [2.75, 3.05) is 6.61 Å². The number of carbonyl (C=O) groups is 2. The van der Waals surface area contributed by atoms with Gasteiger partial charge in [0.2, 0.25) is 0 Å². The molecular formula is C30H40O5. The number of carboxylic acid groups (broad SMARTS) is 1. The normalized spacial score (nSPS) is 11.3. The number of carboxylic acids is 1. The van der Waals surface area contributed by atoms with E-state index in [0.29, 0.717) is 34.6 Å². The lowest BCUT2D eigenvalue weighted by molar-refractivity contribution is 0.0694. The first kappa shape index (κ1) is 28.2. The SMILES string of the molecule is CCCCCCCCCOc1ccc(C(=O)/C=C/c2cc(C)c(C(=O)O)c(C)c2OC(C)C)cc1. The van der Waals surface area contributed by atoms with Crippen molar-refractivity contribution in [2.24, 2.45) is 0 Å². The zero-order valence-electron chi connectivity index (χ0n) is 21.9. The van der Waals surface area contributed by atoms with Crippen LogP contribution in [0.4, 0.5) is 0 Å². The van der Waals surface area contributed by atoms with Crippen molar-refractivity contribution in [3.05, 3.63) is 64.2 Å². The minimum atomic E-state index is -0.991. The third-order valence-corrected chi connectivity index (χ3v) is 5.88. The highest BCUT2D eigenvalue weighted by Gasteiger charge is 2.19. The second-order valence-electron chi connectivity index (χ2n) is 9.28. The Morgan fingerprint density at radius 3 is 2.20 bits per heavy atom. The van der Waals surface area contributed by atoms with Gasteiger partial charge in [0, 0.05) is 16.7 Å². The molecule has 0 amide bonds. The van der Waals surface area contributed by atoms with Crippen LogP contribution in [0.1, 0.15) is 103 Å². The largest absolute Gasteiger partial charge is 0.494 e. The molecule has 0 radical (unpaired) electrons. The van der Waals surface area contributed by atoms with Gasteiger partial charge in [0.25, 0.3) is 0 Å². The first-order chi connectivity index (χ1) is 16.7. The molecular weight excluding hydrogens is 440 g/mol. The monoisotopic (exact) mass is 480 g/mol. The number of rotatable bonds is 15. The van der Waals surface area contributed by atoms with Gasteiger partial charge < -0.3 is 14.6 Å². The molecule has 0 atom stereocenters. The molecule has 0 saturated carbocycles. The van der Waals surface area contributed by atoms with Crippen LogP contribution in [0.15, 0.2) is 36.4 Å². The smallest absolute Gasteiger partial charge is 0.336 e. The Morgan fingerprint density at radius 2 is 1.60 bits per heavy atom. The Labute approximate surface area is 210 Å². The molecule has 0 fully saturated rings. The van der Waals surface area contributed by atoms with Gasteiger partial charge in [-0.15, -0.1) is 0 Å². The van der Waals surface area contributed by atoms with Crippen LogP contribution in [0.3, 0.4) is 0 Å². The molecule has 190 valence electrons. The minimum Gasteiger partial charge on any atom is -0.494 e. The second-order valence-corrected chi connectivity index (χ2v) is 9.28. The van der Waals surface area contributed by atoms with Crippen molar-refractivity contribution in [3.63, 3.8) is 0 Å². The zero-order chi connectivity index (χ0) is 25.8. The summed E-state index contributed by atoms with van der Waals surface area (Å²) < 4.78 is 11.7. The van der Waals surface area contributed by atoms with Crippen molar-refractivity contribution >= 4 is 17.8 Å². The Balaban J connectivity index is 2.00. The average molecular weight is 481 g/mol. The fourth-order valence-corrected chi connectivity index (χ4v) is 4.07. The molecule has 2 aromatic carbocycles. The predicted molar refractivity (Wildman–Crippen MR) is 142 cm³/mol. The van der Waals surface area contributed by atoms with Crippen molar-refractivity contribution in [3.8, 4) is 11.5 Å². The lowest BCUT2D eigenvalue weighted by Gasteiger charge is -2.18. The lowest BCUT2D eigenvalue weighted by atomic mass is 9.97. The number of ketones is 1. The molecule has 2 rings (SSSR count). The first-order valence-electron chi connectivity index (χ1n) is 12.7. The highest BCUT2D eigenvalue weighted by molar-refractivity contribution is 6.07. The van der Waals surface area contributed by atoms with Gasteiger partial charge in [-0.2, -0.15) is 0 Å². The molecule has 0 aliphatic heterocycles. The topological polar surface area (TPSA) is 72.8 Å². The highest BCUT2D eigenvalue weighted by Crippen LogP contribution is 2.32. The number of benzene rings is 2. The van der Waals surface area contributed by atoms with E-state index in [9.17, 15) is 14.7 Å². The van der Waals surface area contributed by atoms with Gasteiger partial charge in [0.05, 0.1) is 18.3 Å². The van der Waals surface area contributed by atoms with E-state index in [2.05, 4.69) is 6.92 Å². The van der Waals surface area contributed by atoms with Gasteiger partial charge in [0.1, 0.15) is 11.5 Å². The number of unbranched alkanes of at least 4 members (excludes halogenated alkanes) is 6. The number of ether oxygens (including phenoxy) is 2. The Bertz CT molecular complexity index is 1000. The van der Waals surface area contributed by atoms with Crippen LogP contribution in [0.5, 0.6) is 11.5 Å². The van der Waals surface area contributed by atoms with Gasteiger partial charge in [-0.25, -0.2) is 4.79 Å². The maximum atomic E-state index is 12.8. The zero-order valence-corrected chi connectivity index (χ0v) is 21.9. The third kappa shape index (κ3) is 8.89. The summed E-state index contributed by atoms with van der Waals surface area (Å²) in [6, 6.07) is 8.93. The van der Waals surface area contributed by atoms with E-state index in [-0.39, 0.29) is 17.5 Å². The van der Waals surface area contributed by atoms with E-state index in [1.165, 1.54) is 44.6 Å². The summed E-state index contributed by atoms with van der Waals surface area (Å²) in [5, 5.41) is 9.57. The summed E-state index contributed by atoms with van der Waals surface area (Å²) in [5.41, 5.74) is 2.66. The molecule has 0 aliphatic rings. The molecule has 0 aromatic heterocycles. The Morgan fingerprint density at radius 1 is 0.971 bits per heavy atom. The maximum absolute atomic E-state index is 12.8. The van der Waals surface area contributed by atoms with Gasteiger partial charge in [-0.05, 0) is 82.2 Å². The number of aryl methyl sites for hydroxylation is 1. The van der Waals surface area contributed by atoms with Crippen molar-refractivity contribution in [2.45, 2.75) is 85.7 Å². The Hall–Kier alpha value is -3.08. The van der Waals surface area contributed by atoms with Crippen LogP contribution in [-0.2, 0) is 0 Å². The van der Waals surface area contributed by atoms with E-state index < -0.39 is 5.97 Å². The predicted octanol–water partition coefficient (Wildman–Crippen LogP) is 7.81. The number of hydrogen-bond acceptors (Lipinski definition) is 4. The fraction of sp³-hybridized carbons (Fsp3) is 0.467. The third-order valence-electron chi connectivity index (χ3n) is 5.88. The van der Waals surface area contributed by atoms with Crippen molar-refractivity contribution in [1.82, 2.24) is 0 Å². The highest BCUT2D eigenvalue weighted by atomic mass is 16.5.